The predicted molar refractivity (Wildman–Crippen MR) is 106 cm³/mol. The van der Waals surface area contributed by atoms with Gasteiger partial charge in [-0.05, 0) is 31.4 Å². The maximum absolute atomic E-state index is 12.7. The van der Waals surface area contributed by atoms with Crippen molar-refractivity contribution in [3.05, 3.63) is 36.0 Å². The molecule has 0 aliphatic heterocycles. The quantitative estimate of drug-likeness (QED) is 0.574. The van der Waals surface area contributed by atoms with Crippen LogP contribution in [0.4, 0.5) is 0 Å². The standard InChI is InChI=1S/C22H30N2O3/c1-3-4-5-6-7-8-14-23-21(25)22(12-13-22)20-16-19(27-24-20)17-10-9-11-18(15-17)26-2/h9-11,15-16H,3-8,12-14H2,1-2H3,(H,23,25). The molecule has 0 radical (unpaired) electrons. The first kappa shape index (κ1) is 19.5. The van der Waals surface area contributed by atoms with Crippen LogP contribution in [-0.2, 0) is 10.2 Å². The molecule has 2 aromatic rings. The summed E-state index contributed by atoms with van der Waals surface area (Å²) in [6, 6.07) is 9.55. The molecule has 146 valence electrons. The first-order chi connectivity index (χ1) is 13.2. The second-order valence-electron chi connectivity index (χ2n) is 7.41. The van der Waals surface area contributed by atoms with Gasteiger partial charge in [-0.2, -0.15) is 0 Å². The Balaban J connectivity index is 1.54. The van der Waals surface area contributed by atoms with Crippen LogP contribution in [-0.4, -0.2) is 24.7 Å². The number of unbranched alkanes of at least 4 members (excludes halogenated alkanes) is 5. The van der Waals surface area contributed by atoms with Gasteiger partial charge in [-0.15, -0.1) is 0 Å². The van der Waals surface area contributed by atoms with Crippen molar-refractivity contribution in [2.45, 2.75) is 63.7 Å². The van der Waals surface area contributed by atoms with Crippen LogP contribution in [0.3, 0.4) is 0 Å². The first-order valence-corrected chi connectivity index (χ1v) is 10.1. The molecular weight excluding hydrogens is 340 g/mol. The number of rotatable bonds is 11. The Hall–Kier alpha value is -2.30. The summed E-state index contributed by atoms with van der Waals surface area (Å²) in [5, 5.41) is 7.31. The molecule has 1 aromatic heterocycles. The molecule has 1 aromatic carbocycles. The molecule has 1 heterocycles. The Kier molecular flexibility index (Phi) is 6.54. The van der Waals surface area contributed by atoms with Gasteiger partial charge in [0.1, 0.15) is 5.75 Å². The van der Waals surface area contributed by atoms with E-state index in [4.69, 9.17) is 9.26 Å². The molecule has 5 heteroatoms. The molecule has 0 unspecified atom stereocenters. The highest BCUT2D eigenvalue weighted by Crippen LogP contribution is 2.48. The van der Waals surface area contributed by atoms with Crippen molar-refractivity contribution < 1.29 is 14.1 Å². The van der Waals surface area contributed by atoms with Crippen LogP contribution in [0, 0.1) is 0 Å². The summed E-state index contributed by atoms with van der Waals surface area (Å²) in [5.74, 6) is 1.52. The number of carbonyl (C=O) groups excluding carboxylic acids is 1. The van der Waals surface area contributed by atoms with E-state index in [9.17, 15) is 4.79 Å². The minimum absolute atomic E-state index is 0.0848. The number of nitrogens with zero attached hydrogens (tertiary/aromatic N) is 1. The number of aromatic nitrogens is 1. The van der Waals surface area contributed by atoms with Gasteiger partial charge < -0.3 is 14.6 Å². The zero-order chi connectivity index (χ0) is 19.1. The molecule has 1 aliphatic carbocycles. The van der Waals surface area contributed by atoms with E-state index >= 15 is 0 Å². The average Bonchev–Trinajstić information content (AvgIpc) is 3.36. The van der Waals surface area contributed by atoms with Gasteiger partial charge in [-0.25, -0.2) is 0 Å². The van der Waals surface area contributed by atoms with Crippen LogP contribution < -0.4 is 10.1 Å². The highest BCUT2D eigenvalue weighted by atomic mass is 16.5. The Labute approximate surface area is 161 Å². The minimum atomic E-state index is -0.497. The molecule has 1 aliphatic rings. The summed E-state index contributed by atoms with van der Waals surface area (Å²) in [6.07, 6.45) is 8.99. The Morgan fingerprint density at radius 2 is 1.96 bits per heavy atom. The van der Waals surface area contributed by atoms with Crippen molar-refractivity contribution in [1.29, 1.82) is 0 Å². The van der Waals surface area contributed by atoms with Crippen molar-refractivity contribution in [3.8, 4) is 17.1 Å². The van der Waals surface area contributed by atoms with Crippen molar-refractivity contribution in [2.24, 2.45) is 0 Å². The van der Waals surface area contributed by atoms with Crippen LogP contribution in [0.5, 0.6) is 5.75 Å². The lowest BCUT2D eigenvalue weighted by atomic mass is 10.00. The third-order valence-corrected chi connectivity index (χ3v) is 5.36. The fourth-order valence-corrected chi connectivity index (χ4v) is 3.41. The van der Waals surface area contributed by atoms with Crippen molar-refractivity contribution in [2.75, 3.05) is 13.7 Å². The van der Waals surface area contributed by atoms with Gasteiger partial charge >= 0.3 is 0 Å². The zero-order valence-electron chi connectivity index (χ0n) is 16.4. The lowest BCUT2D eigenvalue weighted by Gasteiger charge is -2.12. The largest absolute Gasteiger partial charge is 0.497 e. The average molecular weight is 370 g/mol. The highest BCUT2D eigenvalue weighted by Gasteiger charge is 2.53. The smallest absolute Gasteiger partial charge is 0.232 e. The van der Waals surface area contributed by atoms with Gasteiger partial charge in [0.05, 0.1) is 18.2 Å². The van der Waals surface area contributed by atoms with Crippen LogP contribution in [0.1, 0.15) is 64.0 Å². The van der Waals surface area contributed by atoms with E-state index in [2.05, 4.69) is 17.4 Å². The number of benzene rings is 1. The highest BCUT2D eigenvalue weighted by molar-refractivity contribution is 5.91. The maximum Gasteiger partial charge on any atom is 0.232 e. The van der Waals surface area contributed by atoms with Crippen molar-refractivity contribution in [3.63, 3.8) is 0 Å². The molecule has 3 rings (SSSR count). The topological polar surface area (TPSA) is 64.4 Å². The molecule has 1 saturated carbocycles. The van der Waals surface area contributed by atoms with E-state index < -0.39 is 5.41 Å². The lowest BCUT2D eigenvalue weighted by Crippen LogP contribution is -2.35. The Bertz CT molecular complexity index is 750. The first-order valence-electron chi connectivity index (χ1n) is 10.1. The van der Waals surface area contributed by atoms with Crippen molar-refractivity contribution >= 4 is 5.91 Å². The third kappa shape index (κ3) is 4.71. The van der Waals surface area contributed by atoms with E-state index in [0.29, 0.717) is 5.76 Å². The molecule has 0 spiro atoms. The zero-order valence-corrected chi connectivity index (χ0v) is 16.4. The number of carbonyl (C=O) groups is 1. The minimum Gasteiger partial charge on any atom is -0.497 e. The Morgan fingerprint density at radius 3 is 2.70 bits per heavy atom. The number of nitrogens with one attached hydrogen (secondary N) is 1. The predicted octanol–water partition coefficient (Wildman–Crippen LogP) is 4.86. The van der Waals surface area contributed by atoms with Gasteiger partial charge in [-0.1, -0.05) is 56.3 Å². The summed E-state index contributed by atoms with van der Waals surface area (Å²) in [4.78, 5) is 12.7. The summed E-state index contributed by atoms with van der Waals surface area (Å²) >= 11 is 0. The van der Waals surface area contributed by atoms with E-state index in [1.807, 2.05) is 30.3 Å². The molecule has 0 saturated heterocycles. The number of hydrogen-bond donors (Lipinski definition) is 1. The summed E-state index contributed by atoms with van der Waals surface area (Å²) in [5.41, 5.74) is 1.14. The molecule has 0 bridgehead atoms. The van der Waals surface area contributed by atoms with Gasteiger partial charge in [0.15, 0.2) is 5.76 Å². The molecule has 5 nitrogen and oxygen atoms in total. The normalized spacial score (nSPS) is 14.7. The summed E-state index contributed by atoms with van der Waals surface area (Å²) in [7, 11) is 1.64. The van der Waals surface area contributed by atoms with Crippen LogP contribution in [0.25, 0.3) is 11.3 Å². The summed E-state index contributed by atoms with van der Waals surface area (Å²) < 4.78 is 10.8. The number of methoxy groups -OCH3 is 1. The van der Waals surface area contributed by atoms with Crippen LogP contribution in [0.15, 0.2) is 34.9 Å². The van der Waals surface area contributed by atoms with E-state index in [1.54, 1.807) is 7.11 Å². The number of hydrogen-bond acceptors (Lipinski definition) is 4. The van der Waals surface area contributed by atoms with Crippen LogP contribution in [0.2, 0.25) is 0 Å². The molecule has 1 N–H and O–H groups in total. The van der Waals surface area contributed by atoms with Crippen molar-refractivity contribution in [1.82, 2.24) is 10.5 Å². The number of ether oxygens (including phenoxy) is 1. The van der Waals surface area contributed by atoms with Gasteiger partial charge in [0.2, 0.25) is 5.91 Å². The SMILES string of the molecule is CCCCCCCCNC(=O)C1(c2cc(-c3cccc(OC)c3)on2)CC1. The van der Waals surface area contributed by atoms with Gasteiger partial charge in [0.25, 0.3) is 0 Å². The maximum atomic E-state index is 12.7. The Morgan fingerprint density at radius 1 is 1.19 bits per heavy atom. The monoisotopic (exact) mass is 370 g/mol. The fraction of sp³-hybridized carbons (Fsp3) is 0.545. The van der Waals surface area contributed by atoms with Crippen LogP contribution >= 0.6 is 0 Å². The van der Waals surface area contributed by atoms with E-state index in [-0.39, 0.29) is 5.91 Å². The van der Waals surface area contributed by atoms with E-state index in [1.165, 1.54) is 32.1 Å². The molecule has 1 fully saturated rings. The third-order valence-electron chi connectivity index (χ3n) is 5.36. The molecule has 27 heavy (non-hydrogen) atoms. The molecule has 1 amide bonds. The molecular formula is C22H30N2O3. The summed E-state index contributed by atoms with van der Waals surface area (Å²) in [6.45, 7) is 2.96. The van der Waals surface area contributed by atoms with Gasteiger partial charge in [0, 0.05) is 18.2 Å². The fourth-order valence-electron chi connectivity index (χ4n) is 3.41. The van der Waals surface area contributed by atoms with Gasteiger partial charge in [-0.3, -0.25) is 4.79 Å². The molecule has 0 atom stereocenters. The number of amides is 1. The second kappa shape index (κ2) is 9.07. The lowest BCUT2D eigenvalue weighted by molar-refractivity contribution is -0.123. The second-order valence-corrected chi connectivity index (χ2v) is 7.41. The van der Waals surface area contributed by atoms with E-state index in [0.717, 1.165) is 42.8 Å².